The van der Waals surface area contributed by atoms with Gasteiger partial charge in [0.05, 0.1) is 29.3 Å². The SMILES string of the molecule is COc1ccc(Br)cc1NS(=O)(=O)c1ccc(C#N)cc1. The maximum absolute atomic E-state index is 12.3. The molecule has 0 heterocycles. The van der Waals surface area contributed by atoms with Gasteiger partial charge in [-0.1, -0.05) is 15.9 Å². The molecule has 0 aliphatic rings. The van der Waals surface area contributed by atoms with Crippen molar-refractivity contribution in [3.8, 4) is 11.8 Å². The second-order valence-electron chi connectivity index (χ2n) is 4.09. The van der Waals surface area contributed by atoms with E-state index in [1.54, 1.807) is 18.2 Å². The number of nitrogens with one attached hydrogen (secondary N) is 1. The predicted molar refractivity (Wildman–Crippen MR) is 82.7 cm³/mol. The normalized spacial score (nSPS) is 10.7. The third-order valence-corrected chi connectivity index (χ3v) is 4.57. The molecule has 7 heteroatoms. The number of halogens is 1. The number of methoxy groups -OCH3 is 1. The molecular weight excluding hydrogens is 356 g/mol. The highest BCUT2D eigenvalue weighted by atomic mass is 79.9. The van der Waals surface area contributed by atoms with E-state index in [0.717, 1.165) is 4.47 Å². The third-order valence-electron chi connectivity index (χ3n) is 2.70. The Balaban J connectivity index is 2.37. The van der Waals surface area contributed by atoms with E-state index in [1.807, 2.05) is 6.07 Å². The lowest BCUT2D eigenvalue weighted by Crippen LogP contribution is -2.13. The highest BCUT2D eigenvalue weighted by Gasteiger charge is 2.16. The fraction of sp³-hybridized carbons (Fsp3) is 0.0714. The minimum absolute atomic E-state index is 0.0727. The van der Waals surface area contributed by atoms with E-state index in [9.17, 15) is 8.42 Å². The number of rotatable bonds is 4. The molecule has 0 amide bonds. The molecule has 0 aliphatic carbocycles. The molecule has 5 nitrogen and oxygen atoms in total. The van der Waals surface area contributed by atoms with Crippen molar-refractivity contribution in [1.29, 1.82) is 5.26 Å². The van der Waals surface area contributed by atoms with Crippen LogP contribution in [0.5, 0.6) is 5.75 Å². The summed E-state index contributed by atoms with van der Waals surface area (Å²) in [5, 5.41) is 8.73. The first-order valence-electron chi connectivity index (χ1n) is 5.83. The Kier molecular flexibility index (Phi) is 4.50. The zero-order valence-corrected chi connectivity index (χ0v) is 13.4. The Morgan fingerprint density at radius 3 is 2.43 bits per heavy atom. The monoisotopic (exact) mass is 366 g/mol. The van der Waals surface area contributed by atoms with Crippen LogP contribution in [0.15, 0.2) is 51.8 Å². The lowest BCUT2D eigenvalue weighted by molar-refractivity contribution is 0.417. The van der Waals surface area contributed by atoms with Crippen molar-refractivity contribution >= 4 is 31.6 Å². The first kappa shape index (κ1) is 15.4. The number of hydrogen-bond donors (Lipinski definition) is 1. The van der Waals surface area contributed by atoms with Gasteiger partial charge in [-0.3, -0.25) is 4.72 Å². The van der Waals surface area contributed by atoms with Gasteiger partial charge in [-0.15, -0.1) is 0 Å². The molecule has 0 bridgehead atoms. The summed E-state index contributed by atoms with van der Waals surface area (Å²) in [6.45, 7) is 0. The standard InChI is InChI=1S/C14H11BrN2O3S/c1-20-14-7-4-11(15)8-13(14)17-21(18,19)12-5-2-10(9-16)3-6-12/h2-8,17H,1H3. The van der Waals surface area contributed by atoms with Gasteiger partial charge in [-0.25, -0.2) is 8.42 Å². The second kappa shape index (κ2) is 6.16. The fourth-order valence-corrected chi connectivity index (χ4v) is 3.09. The van der Waals surface area contributed by atoms with Crippen LogP contribution in [-0.2, 0) is 10.0 Å². The molecule has 0 aromatic heterocycles. The summed E-state index contributed by atoms with van der Waals surface area (Å²) in [5.74, 6) is 0.412. The zero-order valence-electron chi connectivity index (χ0n) is 11.0. The second-order valence-corrected chi connectivity index (χ2v) is 6.68. The van der Waals surface area contributed by atoms with Crippen molar-refractivity contribution < 1.29 is 13.2 Å². The molecule has 0 atom stereocenters. The van der Waals surface area contributed by atoms with Gasteiger partial charge in [0, 0.05) is 4.47 Å². The van der Waals surface area contributed by atoms with Gasteiger partial charge in [-0.2, -0.15) is 5.26 Å². The smallest absolute Gasteiger partial charge is 0.262 e. The van der Waals surface area contributed by atoms with Crippen LogP contribution in [0.25, 0.3) is 0 Å². The van der Waals surface area contributed by atoms with E-state index >= 15 is 0 Å². The van der Waals surface area contributed by atoms with E-state index < -0.39 is 10.0 Å². The van der Waals surface area contributed by atoms with Crippen molar-refractivity contribution in [3.63, 3.8) is 0 Å². The number of hydrogen-bond acceptors (Lipinski definition) is 4. The molecule has 0 saturated heterocycles. The largest absolute Gasteiger partial charge is 0.495 e. The Labute approximate surface area is 131 Å². The Morgan fingerprint density at radius 2 is 1.86 bits per heavy atom. The van der Waals surface area contributed by atoms with Crippen molar-refractivity contribution in [2.45, 2.75) is 4.90 Å². The average Bonchev–Trinajstić information content (AvgIpc) is 2.47. The molecule has 0 unspecified atom stereocenters. The summed E-state index contributed by atoms with van der Waals surface area (Å²) in [6, 6.07) is 12.6. The molecule has 0 spiro atoms. The molecule has 2 aromatic rings. The summed E-state index contributed by atoms with van der Waals surface area (Å²) in [4.78, 5) is 0.0727. The van der Waals surface area contributed by atoms with Crippen LogP contribution in [-0.4, -0.2) is 15.5 Å². The molecule has 1 N–H and O–H groups in total. The van der Waals surface area contributed by atoms with Gasteiger partial charge in [0.2, 0.25) is 0 Å². The van der Waals surface area contributed by atoms with E-state index in [4.69, 9.17) is 10.00 Å². The van der Waals surface area contributed by atoms with Crippen molar-refractivity contribution in [1.82, 2.24) is 0 Å². The number of anilines is 1. The first-order chi connectivity index (χ1) is 9.96. The van der Waals surface area contributed by atoms with Crippen molar-refractivity contribution in [3.05, 3.63) is 52.5 Å². The molecule has 2 aromatic carbocycles. The molecular formula is C14H11BrN2O3S. The van der Waals surface area contributed by atoms with Gasteiger partial charge in [0.15, 0.2) is 0 Å². The predicted octanol–water partition coefficient (Wildman–Crippen LogP) is 3.13. The van der Waals surface area contributed by atoms with Crippen molar-refractivity contribution in [2.75, 3.05) is 11.8 Å². The summed E-state index contributed by atoms with van der Waals surface area (Å²) in [7, 11) is -2.29. The number of ether oxygens (including phenoxy) is 1. The highest BCUT2D eigenvalue weighted by Crippen LogP contribution is 2.29. The van der Waals surface area contributed by atoms with Crippen LogP contribution in [0.2, 0.25) is 0 Å². The molecule has 21 heavy (non-hydrogen) atoms. The summed E-state index contributed by atoms with van der Waals surface area (Å²) >= 11 is 3.28. The molecule has 108 valence electrons. The zero-order chi connectivity index (χ0) is 15.5. The van der Waals surface area contributed by atoms with Crippen LogP contribution in [0, 0.1) is 11.3 Å². The average molecular weight is 367 g/mol. The quantitative estimate of drug-likeness (QED) is 0.901. The molecule has 2 rings (SSSR count). The van der Waals surface area contributed by atoms with E-state index in [2.05, 4.69) is 20.7 Å². The van der Waals surface area contributed by atoms with Crippen LogP contribution < -0.4 is 9.46 Å². The molecule has 0 aliphatic heterocycles. The number of benzene rings is 2. The van der Waals surface area contributed by atoms with E-state index in [1.165, 1.54) is 31.4 Å². The fourth-order valence-electron chi connectivity index (χ4n) is 1.67. The molecule has 0 radical (unpaired) electrons. The Hall–Kier alpha value is -2.04. The van der Waals surface area contributed by atoms with E-state index in [0.29, 0.717) is 17.0 Å². The Morgan fingerprint density at radius 1 is 1.19 bits per heavy atom. The van der Waals surface area contributed by atoms with Gasteiger partial charge in [0.1, 0.15) is 5.75 Å². The van der Waals surface area contributed by atoms with Gasteiger partial charge < -0.3 is 4.74 Å². The minimum Gasteiger partial charge on any atom is -0.495 e. The third kappa shape index (κ3) is 3.54. The first-order valence-corrected chi connectivity index (χ1v) is 8.10. The van der Waals surface area contributed by atoms with Crippen LogP contribution in [0.3, 0.4) is 0 Å². The van der Waals surface area contributed by atoms with Crippen LogP contribution in [0.1, 0.15) is 5.56 Å². The van der Waals surface area contributed by atoms with Gasteiger partial charge >= 0.3 is 0 Å². The molecule has 0 fully saturated rings. The lowest BCUT2D eigenvalue weighted by atomic mass is 10.2. The maximum atomic E-state index is 12.3. The summed E-state index contributed by atoms with van der Waals surface area (Å²) < 4.78 is 32.9. The topological polar surface area (TPSA) is 79.2 Å². The van der Waals surface area contributed by atoms with Gasteiger partial charge in [0.25, 0.3) is 10.0 Å². The summed E-state index contributed by atoms with van der Waals surface area (Å²) in [6.07, 6.45) is 0. The Bertz CT molecular complexity index is 796. The number of sulfonamides is 1. The highest BCUT2D eigenvalue weighted by molar-refractivity contribution is 9.10. The number of nitrogens with zero attached hydrogens (tertiary/aromatic N) is 1. The molecule has 0 saturated carbocycles. The summed E-state index contributed by atoms with van der Waals surface area (Å²) in [5.41, 5.74) is 0.727. The van der Waals surface area contributed by atoms with Crippen molar-refractivity contribution in [2.24, 2.45) is 0 Å². The van der Waals surface area contributed by atoms with Crippen LogP contribution in [0.4, 0.5) is 5.69 Å². The lowest BCUT2D eigenvalue weighted by Gasteiger charge is -2.12. The van der Waals surface area contributed by atoms with E-state index in [-0.39, 0.29) is 4.90 Å². The van der Waals surface area contributed by atoms with Gasteiger partial charge in [-0.05, 0) is 42.5 Å². The maximum Gasteiger partial charge on any atom is 0.262 e. The minimum atomic E-state index is -3.75. The van der Waals surface area contributed by atoms with Crippen LogP contribution >= 0.6 is 15.9 Å². The number of nitriles is 1.